The molecule has 0 unspecified atom stereocenters. The van der Waals surface area contributed by atoms with Crippen molar-refractivity contribution in [3.05, 3.63) is 64.2 Å². The zero-order valence-electron chi connectivity index (χ0n) is 11.1. The van der Waals surface area contributed by atoms with Crippen LogP contribution < -0.4 is 10.1 Å². The van der Waals surface area contributed by atoms with Gasteiger partial charge in [-0.15, -0.1) is 13.2 Å². The Morgan fingerprint density at radius 1 is 1.09 bits per heavy atom. The lowest BCUT2D eigenvalue weighted by Gasteiger charge is -2.10. The highest BCUT2D eigenvalue weighted by Gasteiger charge is 2.30. The summed E-state index contributed by atoms with van der Waals surface area (Å²) < 4.78 is 39.9. The molecule has 1 N–H and O–H groups in total. The monoisotopic (exact) mass is 312 g/mol. The number of nitro groups is 1. The van der Waals surface area contributed by atoms with Crippen LogP contribution in [0.5, 0.6) is 5.75 Å². The van der Waals surface area contributed by atoms with Gasteiger partial charge in [0.2, 0.25) is 0 Å². The summed E-state index contributed by atoms with van der Waals surface area (Å²) in [5, 5.41) is 13.7. The van der Waals surface area contributed by atoms with Crippen LogP contribution in [0.2, 0.25) is 0 Å². The third-order valence-corrected chi connectivity index (χ3v) is 2.74. The molecule has 2 aromatic rings. The van der Waals surface area contributed by atoms with E-state index >= 15 is 0 Å². The Hall–Kier alpha value is -2.77. The topological polar surface area (TPSA) is 64.4 Å². The van der Waals surface area contributed by atoms with E-state index in [1.165, 1.54) is 30.3 Å². The molecule has 0 bridgehead atoms. The third kappa shape index (κ3) is 4.37. The number of nitro benzene ring substituents is 1. The van der Waals surface area contributed by atoms with Gasteiger partial charge in [-0.2, -0.15) is 0 Å². The van der Waals surface area contributed by atoms with Crippen LogP contribution in [-0.2, 0) is 6.54 Å². The molecule has 22 heavy (non-hydrogen) atoms. The summed E-state index contributed by atoms with van der Waals surface area (Å²) in [7, 11) is 0. The summed E-state index contributed by atoms with van der Waals surface area (Å²) in [5.41, 5.74) is 0.926. The molecule has 0 amide bonds. The summed E-state index contributed by atoms with van der Waals surface area (Å²) in [4.78, 5) is 10.3. The Kier molecular flexibility index (Phi) is 4.50. The van der Waals surface area contributed by atoms with Crippen LogP contribution in [0.1, 0.15) is 5.56 Å². The predicted octanol–water partition coefficient (Wildman–Crippen LogP) is 4.11. The maximum Gasteiger partial charge on any atom is 0.573 e. The van der Waals surface area contributed by atoms with Gasteiger partial charge < -0.3 is 10.1 Å². The first-order valence-corrected chi connectivity index (χ1v) is 6.17. The van der Waals surface area contributed by atoms with E-state index in [1.807, 2.05) is 0 Å². The predicted molar refractivity (Wildman–Crippen MR) is 73.5 cm³/mol. The molecule has 0 spiro atoms. The smallest absolute Gasteiger partial charge is 0.406 e. The fraction of sp³-hybridized carbons (Fsp3) is 0.143. The molecule has 0 atom stereocenters. The normalized spacial score (nSPS) is 11.0. The van der Waals surface area contributed by atoms with Crippen LogP contribution in [0.15, 0.2) is 48.5 Å². The average Bonchev–Trinajstić information content (AvgIpc) is 2.45. The first kappa shape index (κ1) is 15.6. The number of halogens is 3. The Balaban J connectivity index is 2.02. The number of benzene rings is 2. The average molecular weight is 312 g/mol. The molecule has 0 fully saturated rings. The lowest BCUT2D eigenvalue weighted by Crippen LogP contribution is -2.17. The van der Waals surface area contributed by atoms with Gasteiger partial charge in [-0.05, 0) is 23.8 Å². The molecule has 0 saturated heterocycles. The molecule has 0 aliphatic rings. The number of rotatable bonds is 5. The van der Waals surface area contributed by atoms with Crippen molar-refractivity contribution in [2.45, 2.75) is 12.9 Å². The molecule has 0 aliphatic heterocycles. The maximum absolute atomic E-state index is 12.0. The molecule has 0 aromatic heterocycles. The van der Waals surface area contributed by atoms with Gasteiger partial charge >= 0.3 is 6.36 Å². The van der Waals surface area contributed by atoms with E-state index in [9.17, 15) is 23.3 Å². The van der Waals surface area contributed by atoms with Gasteiger partial charge in [-0.1, -0.05) is 24.3 Å². The van der Waals surface area contributed by atoms with E-state index in [0.717, 1.165) is 0 Å². The van der Waals surface area contributed by atoms with Crippen molar-refractivity contribution in [3.63, 3.8) is 0 Å². The fourth-order valence-corrected chi connectivity index (χ4v) is 1.79. The molecule has 116 valence electrons. The van der Waals surface area contributed by atoms with Gasteiger partial charge in [0.15, 0.2) is 0 Å². The molecule has 0 saturated carbocycles. The fourth-order valence-electron chi connectivity index (χ4n) is 1.79. The van der Waals surface area contributed by atoms with Gasteiger partial charge in [-0.25, -0.2) is 0 Å². The Morgan fingerprint density at radius 3 is 2.32 bits per heavy atom. The SMILES string of the molecule is O=[N+]([O-])c1ccccc1NCc1ccc(OC(F)(F)F)cc1. The van der Waals surface area contributed by atoms with Crippen LogP contribution in [0.3, 0.4) is 0 Å². The maximum atomic E-state index is 12.0. The van der Waals surface area contributed by atoms with Gasteiger partial charge in [0.05, 0.1) is 4.92 Å². The lowest BCUT2D eigenvalue weighted by molar-refractivity contribution is -0.384. The molecular formula is C14H11F3N2O3. The van der Waals surface area contributed by atoms with Crippen LogP contribution >= 0.6 is 0 Å². The van der Waals surface area contributed by atoms with Crippen molar-refractivity contribution < 1.29 is 22.8 Å². The van der Waals surface area contributed by atoms with Gasteiger partial charge in [0.1, 0.15) is 11.4 Å². The number of para-hydroxylation sites is 2. The van der Waals surface area contributed by atoms with Crippen molar-refractivity contribution in [2.24, 2.45) is 0 Å². The highest BCUT2D eigenvalue weighted by atomic mass is 19.4. The molecule has 2 rings (SSSR count). The van der Waals surface area contributed by atoms with Crippen molar-refractivity contribution in [1.82, 2.24) is 0 Å². The van der Waals surface area contributed by atoms with Crippen molar-refractivity contribution in [1.29, 1.82) is 0 Å². The quantitative estimate of drug-likeness (QED) is 0.666. The minimum atomic E-state index is -4.73. The van der Waals surface area contributed by atoms with Gasteiger partial charge in [-0.3, -0.25) is 10.1 Å². The summed E-state index contributed by atoms with van der Waals surface area (Å²) in [6.07, 6.45) is -4.73. The Morgan fingerprint density at radius 2 is 1.73 bits per heavy atom. The molecule has 0 aliphatic carbocycles. The minimum Gasteiger partial charge on any atom is -0.406 e. The standard InChI is InChI=1S/C14H11F3N2O3/c15-14(16,17)22-11-7-5-10(6-8-11)9-18-12-3-1-2-4-13(12)19(20)21/h1-8,18H,9H2. The zero-order valence-corrected chi connectivity index (χ0v) is 11.1. The second-order valence-corrected chi connectivity index (χ2v) is 4.32. The van der Waals surface area contributed by atoms with E-state index in [2.05, 4.69) is 10.1 Å². The first-order valence-electron chi connectivity index (χ1n) is 6.17. The molecular weight excluding hydrogens is 301 g/mol. The van der Waals surface area contributed by atoms with Crippen LogP contribution in [-0.4, -0.2) is 11.3 Å². The zero-order chi connectivity index (χ0) is 16.2. The summed E-state index contributed by atoms with van der Waals surface area (Å²) in [5.74, 6) is -0.318. The van der Waals surface area contributed by atoms with E-state index in [1.54, 1.807) is 18.2 Å². The number of anilines is 1. The number of nitrogens with zero attached hydrogens (tertiary/aromatic N) is 1. The number of hydrogen-bond donors (Lipinski definition) is 1. The molecule has 5 nitrogen and oxygen atoms in total. The minimum absolute atomic E-state index is 0.0699. The number of hydrogen-bond acceptors (Lipinski definition) is 4. The van der Waals surface area contributed by atoms with E-state index < -0.39 is 11.3 Å². The van der Waals surface area contributed by atoms with Crippen LogP contribution in [0, 0.1) is 10.1 Å². The molecule has 8 heteroatoms. The number of alkyl halides is 3. The highest BCUT2D eigenvalue weighted by Crippen LogP contribution is 2.25. The van der Waals surface area contributed by atoms with Gasteiger partial charge in [0.25, 0.3) is 5.69 Å². The number of nitrogens with one attached hydrogen (secondary N) is 1. The van der Waals surface area contributed by atoms with E-state index in [0.29, 0.717) is 11.3 Å². The van der Waals surface area contributed by atoms with Gasteiger partial charge in [0, 0.05) is 12.6 Å². The molecule has 0 heterocycles. The highest BCUT2D eigenvalue weighted by molar-refractivity contribution is 5.61. The van der Waals surface area contributed by atoms with Crippen LogP contribution in [0.25, 0.3) is 0 Å². The lowest BCUT2D eigenvalue weighted by atomic mass is 10.2. The number of ether oxygens (including phenoxy) is 1. The summed E-state index contributed by atoms with van der Waals surface area (Å²) >= 11 is 0. The van der Waals surface area contributed by atoms with Crippen molar-refractivity contribution in [2.75, 3.05) is 5.32 Å². The van der Waals surface area contributed by atoms with Crippen molar-refractivity contribution >= 4 is 11.4 Å². The second-order valence-electron chi connectivity index (χ2n) is 4.32. The Labute approximate surface area is 123 Å². The third-order valence-electron chi connectivity index (χ3n) is 2.74. The van der Waals surface area contributed by atoms with E-state index in [-0.39, 0.29) is 18.0 Å². The largest absolute Gasteiger partial charge is 0.573 e. The first-order chi connectivity index (χ1) is 10.3. The Bertz CT molecular complexity index is 657. The van der Waals surface area contributed by atoms with E-state index in [4.69, 9.17) is 0 Å². The van der Waals surface area contributed by atoms with Crippen molar-refractivity contribution in [3.8, 4) is 5.75 Å². The second kappa shape index (κ2) is 6.33. The molecule has 0 radical (unpaired) electrons. The summed E-state index contributed by atoms with van der Waals surface area (Å²) in [6, 6.07) is 11.4. The van der Waals surface area contributed by atoms with Crippen LogP contribution in [0.4, 0.5) is 24.5 Å². The summed E-state index contributed by atoms with van der Waals surface area (Å²) in [6.45, 7) is 0.233. The molecule has 2 aromatic carbocycles.